The molecule has 1 aliphatic rings. The smallest absolute Gasteiger partial charge is 0.408 e. The van der Waals surface area contributed by atoms with Gasteiger partial charge in [-0.1, -0.05) is 0 Å². The lowest BCUT2D eigenvalue weighted by atomic mass is 10.1. The van der Waals surface area contributed by atoms with Gasteiger partial charge in [0.1, 0.15) is 0 Å². The van der Waals surface area contributed by atoms with Crippen molar-refractivity contribution in [3.63, 3.8) is 0 Å². The highest BCUT2D eigenvalue weighted by atomic mass is 32.2. The lowest BCUT2D eigenvalue weighted by Gasteiger charge is -2.26. The molecule has 2 heterocycles. The summed E-state index contributed by atoms with van der Waals surface area (Å²) in [4.78, 5) is 27.9. The molecule has 0 saturated carbocycles. The number of sulfone groups is 1. The van der Waals surface area contributed by atoms with Crippen LogP contribution in [-0.2, 0) is 9.84 Å². The van der Waals surface area contributed by atoms with Gasteiger partial charge in [-0.3, -0.25) is 9.78 Å². The molecule has 1 unspecified atom stereocenters. The van der Waals surface area contributed by atoms with Gasteiger partial charge in [0.15, 0.2) is 15.4 Å². The van der Waals surface area contributed by atoms with Gasteiger partial charge >= 0.3 is 5.76 Å². The largest absolute Gasteiger partial charge is 0.417 e. The molecular formula is C14H16N2O5S. The molecule has 1 amide bonds. The molecule has 0 radical (unpaired) electrons. The van der Waals surface area contributed by atoms with E-state index >= 15 is 0 Å². The molecule has 8 heteroatoms. The number of carbonyl (C=O) groups excluding carboxylic acids is 1. The molecule has 0 spiro atoms. The van der Waals surface area contributed by atoms with Crippen LogP contribution in [0.25, 0.3) is 11.1 Å². The number of nitrogens with zero attached hydrogens (tertiary/aromatic N) is 1. The third kappa shape index (κ3) is 2.66. The van der Waals surface area contributed by atoms with E-state index in [1.807, 2.05) is 6.92 Å². The topological polar surface area (TPSA) is 100 Å². The van der Waals surface area contributed by atoms with Crippen LogP contribution in [-0.4, -0.2) is 48.3 Å². The summed E-state index contributed by atoms with van der Waals surface area (Å²) in [5, 5.41) is 0. The van der Waals surface area contributed by atoms with Crippen LogP contribution in [0.5, 0.6) is 0 Å². The highest BCUT2D eigenvalue weighted by Crippen LogP contribution is 2.21. The van der Waals surface area contributed by atoms with Crippen molar-refractivity contribution in [2.24, 2.45) is 0 Å². The first-order valence-corrected chi connectivity index (χ1v) is 8.86. The van der Waals surface area contributed by atoms with Crippen LogP contribution >= 0.6 is 0 Å². The Hall–Kier alpha value is -2.09. The Kier molecular flexibility index (Phi) is 3.56. The third-order valence-electron chi connectivity index (χ3n) is 3.92. The first-order valence-electron chi connectivity index (χ1n) is 7.04. The third-order valence-corrected chi connectivity index (χ3v) is 5.67. The average Bonchev–Trinajstić information content (AvgIpc) is 3.00. The van der Waals surface area contributed by atoms with Crippen molar-refractivity contribution in [2.75, 3.05) is 18.1 Å². The van der Waals surface area contributed by atoms with Gasteiger partial charge in [-0.25, -0.2) is 13.2 Å². The fraction of sp³-hybridized carbons (Fsp3) is 0.429. The van der Waals surface area contributed by atoms with Gasteiger partial charge in [-0.15, -0.1) is 0 Å². The number of fused-ring (bicyclic) bond motifs is 1. The summed E-state index contributed by atoms with van der Waals surface area (Å²) in [6.07, 6.45) is 0.462. The predicted octanol–water partition coefficient (Wildman–Crippen LogP) is 0.770. The first-order chi connectivity index (χ1) is 10.4. The number of benzene rings is 1. The first kappa shape index (κ1) is 14.8. The van der Waals surface area contributed by atoms with Gasteiger partial charge in [0, 0.05) is 18.2 Å². The molecule has 2 aromatic rings. The van der Waals surface area contributed by atoms with E-state index in [-0.39, 0.29) is 23.5 Å². The zero-order chi connectivity index (χ0) is 15.9. The standard InChI is InChI=1S/C14H16N2O5S/c1-2-16(10-5-6-22(19,20)8-10)13(17)9-3-4-11-12(7-9)21-14(18)15-11/h3-4,7,10H,2,5-6,8H2,1H3,(H,15,18). The SMILES string of the molecule is CCN(C(=O)c1ccc2[nH]c(=O)oc2c1)C1CCS(=O)(=O)C1. The van der Waals surface area contributed by atoms with Crippen molar-refractivity contribution in [1.82, 2.24) is 9.88 Å². The maximum absolute atomic E-state index is 12.6. The van der Waals surface area contributed by atoms with Gasteiger partial charge in [0.05, 0.1) is 17.0 Å². The van der Waals surface area contributed by atoms with Gasteiger partial charge in [0.2, 0.25) is 0 Å². The minimum absolute atomic E-state index is 0.00800. The Morgan fingerprint density at radius 1 is 1.45 bits per heavy atom. The van der Waals surface area contributed by atoms with Gasteiger partial charge in [-0.05, 0) is 31.5 Å². The van der Waals surface area contributed by atoms with E-state index in [4.69, 9.17) is 4.42 Å². The average molecular weight is 324 g/mol. The maximum atomic E-state index is 12.6. The molecular weight excluding hydrogens is 308 g/mol. The summed E-state index contributed by atoms with van der Waals surface area (Å²) in [6.45, 7) is 2.24. The van der Waals surface area contributed by atoms with Gasteiger partial charge < -0.3 is 9.32 Å². The van der Waals surface area contributed by atoms with Crippen LogP contribution in [0, 0.1) is 0 Å². The summed E-state index contributed by atoms with van der Waals surface area (Å²) in [6, 6.07) is 4.41. The van der Waals surface area contributed by atoms with E-state index in [9.17, 15) is 18.0 Å². The van der Waals surface area contributed by atoms with Crippen LogP contribution in [0.1, 0.15) is 23.7 Å². The molecule has 22 heavy (non-hydrogen) atoms. The Bertz CT molecular complexity index is 880. The predicted molar refractivity (Wildman–Crippen MR) is 80.6 cm³/mol. The Morgan fingerprint density at radius 3 is 2.86 bits per heavy atom. The van der Waals surface area contributed by atoms with Crippen LogP contribution in [0.3, 0.4) is 0 Å². The summed E-state index contributed by atoms with van der Waals surface area (Å²) in [5.41, 5.74) is 1.21. The van der Waals surface area contributed by atoms with E-state index in [1.54, 1.807) is 17.0 Å². The molecule has 1 aromatic carbocycles. The van der Waals surface area contributed by atoms with Crippen molar-refractivity contribution < 1.29 is 17.6 Å². The Labute approximate surface area is 126 Å². The number of hydrogen-bond donors (Lipinski definition) is 1. The fourth-order valence-electron chi connectivity index (χ4n) is 2.83. The van der Waals surface area contributed by atoms with Crippen molar-refractivity contribution in [2.45, 2.75) is 19.4 Å². The van der Waals surface area contributed by atoms with E-state index in [0.29, 0.717) is 29.6 Å². The molecule has 1 aliphatic heterocycles. The molecule has 1 atom stereocenters. The second-order valence-corrected chi connectivity index (χ2v) is 7.60. The summed E-state index contributed by atoms with van der Waals surface area (Å²) in [7, 11) is -3.06. The Morgan fingerprint density at radius 2 is 2.23 bits per heavy atom. The van der Waals surface area contributed by atoms with Crippen molar-refractivity contribution in [3.8, 4) is 0 Å². The van der Waals surface area contributed by atoms with Crippen molar-refractivity contribution in [3.05, 3.63) is 34.3 Å². The van der Waals surface area contributed by atoms with E-state index in [1.165, 1.54) is 6.07 Å². The molecule has 3 rings (SSSR count). The Balaban J connectivity index is 1.91. The lowest BCUT2D eigenvalue weighted by Crippen LogP contribution is -2.40. The van der Waals surface area contributed by atoms with Crippen LogP contribution < -0.4 is 5.76 Å². The summed E-state index contributed by atoms with van der Waals surface area (Å²) >= 11 is 0. The maximum Gasteiger partial charge on any atom is 0.417 e. The zero-order valence-electron chi connectivity index (χ0n) is 12.0. The van der Waals surface area contributed by atoms with Gasteiger partial charge in [0.25, 0.3) is 5.91 Å². The molecule has 1 saturated heterocycles. The number of nitrogens with one attached hydrogen (secondary N) is 1. The van der Waals surface area contributed by atoms with E-state index < -0.39 is 15.6 Å². The number of H-pyrrole nitrogens is 1. The fourth-order valence-corrected chi connectivity index (χ4v) is 4.56. The molecule has 1 fully saturated rings. The minimum Gasteiger partial charge on any atom is -0.408 e. The molecule has 7 nitrogen and oxygen atoms in total. The number of carbonyl (C=O) groups is 1. The summed E-state index contributed by atoms with van der Waals surface area (Å²) in [5.74, 6) is -0.703. The van der Waals surface area contributed by atoms with Crippen molar-refractivity contribution in [1.29, 1.82) is 0 Å². The monoisotopic (exact) mass is 324 g/mol. The quantitative estimate of drug-likeness (QED) is 0.899. The van der Waals surface area contributed by atoms with E-state index in [2.05, 4.69) is 4.98 Å². The minimum atomic E-state index is -3.06. The number of aromatic nitrogens is 1. The number of aromatic amines is 1. The second-order valence-electron chi connectivity index (χ2n) is 5.37. The van der Waals surface area contributed by atoms with Crippen LogP contribution in [0.15, 0.2) is 27.4 Å². The number of hydrogen-bond acceptors (Lipinski definition) is 5. The normalized spacial score (nSPS) is 20.3. The van der Waals surface area contributed by atoms with E-state index in [0.717, 1.165) is 0 Å². The van der Waals surface area contributed by atoms with Crippen LogP contribution in [0.2, 0.25) is 0 Å². The number of oxazole rings is 1. The lowest BCUT2D eigenvalue weighted by molar-refractivity contribution is 0.0708. The molecule has 1 aromatic heterocycles. The van der Waals surface area contributed by atoms with Crippen LogP contribution in [0.4, 0.5) is 0 Å². The highest BCUT2D eigenvalue weighted by Gasteiger charge is 2.34. The second kappa shape index (κ2) is 5.28. The highest BCUT2D eigenvalue weighted by molar-refractivity contribution is 7.91. The van der Waals surface area contributed by atoms with Crippen molar-refractivity contribution >= 4 is 26.8 Å². The zero-order valence-corrected chi connectivity index (χ0v) is 12.9. The number of amides is 1. The molecule has 0 bridgehead atoms. The molecule has 1 N–H and O–H groups in total. The number of rotatable bonds is 3. The molecule has 0 aliphatic carbocycles. The molecule has 118 valence electrons. The van der Waals surface area contributed by atoms with Gasteiger partial charge in [-0.2, -0.15) is 0 Å². The summed E-state index contributed by atoms with van der Waals surface area (Å²) < 4.78 is 28.2.